The first kappa shape index (κ1) is 13.9. The second-order valence-corrected chi connectivity index (χ2v) is 5.80. The van der Waals surface area contributed by atoms with Crippen molar-refractivity contribution in [2.24, 2.45) is 0 Å². The first-order valence-electron chi connectivity index (χ1n) is 7.51. The van der Waals surface area contributed by atoms with Crippen LogP contribution in [0, 0.1) is 0 Å². The number of hydrogen-bond acceptors (Lipinski definition) is 4. The Bertz CT molecular complexity index is 455. The van der Waals surface area contributed by atoms with Crippen LogP contribution in [-0.2, 0) is 17.6 Å². The molecule has 0 bridgehead atoms. The Labute approximate surface area is 120 Å². The molecule has 1 fully saturated rings. The van der Waals surface area contributed by atoms with Crippen molar-refractivity contribution in [2.75, 3.05) is 32.9 Å². The average molecular weight is 277 g/mol. The zero-order valence-corrected chi connectivity index (χ0v) is 11.9. The van der Waals surface area contributed by atoms with Gasteiger partial charge in [0.25, 0.3) is 0 Å². The normalized spacial score (nSPS) is 20.4. The van der Waals surface area contributed by atoms with E-state index in [1.165, 1.54) is 11.1 Å². The minimum Gasteiger partial charge on any atom is -0.493 e. The lowest BCUT2D eigenvalue weighted by Gasteiger charge is -2.32. The van der Waals surface area contributed by atoms with Gasteiger partial charge in [-0.1, -0.05) is 12.1 Å². The molecule has 20 heavy (non-hydrogen) atoms. The first-order valence-corrected chi connectivity index (χ1v) is 7.51. The quantitative estimate of drug-likeness (QED) is 0.797. The van der Waals surface area contributed by atoms with E-state index in [0.717, 1.165) is 44.6 Å². The number of rotatable bonds is 5. The molecule has 0 spiro atoms. The van der Waals surface area contributed by atoms with Gasteiger partial charge in [0.1, 0.15) is 5.75 Å². The number of nitrogens with one attached hydrogen (secondary N) is 1. The lowest BCUT2D eigenvalue weighted by Crippen LogP contribution is -2.45. The summed E-state index contributed by atoms with van der Waals surface area (Å²) in [4.78, 5) is 0. The summed E-state index contributed by atoms with van der Waals surface area (Å²) < 4.78 is 10.8. The van der Waals surface area contributed by atoms with Crippen LogP contribution < -0.4 is 10.1 Å². The molecule has 0 atom stereocenters. The molecule has 0 saturated carbocycles. The number of hydrogen-bond donors (Lipinski definition) is 2. The molecular formula is C16H23NO3. The van der Waals surface area contributed by atoms with Gasteiger partial charge in [-0.3, -0.25) is 0 Å². The Hall–Kier alpha value is -1.10. The van der Waals surface area contributed by atoms with Crippen LogP contribution in [0.3, 0.4) is 0 Å². The summed E-state index contributed by atoms with van der Waals surface area (Å²) in [7, 11) is 0. The van der Waals surface area contributed by atoms with Crippen LogP contribution in [0.1, 0.15) is 24.0 Å². The molecule has 0 radical (unpaired) electrons. The number of fused-ring (bicyclic) bond motifs is 1. The third kappa shape index (κ3) is 3.32. The van der Waals surface area contributed by atoms with Gasteiger partial charge in [-0.2, -0.15) is 0 Å². The second kappa shape index (κ2) is 6.12. The van der Waals surface area contributed by atoms with Crippen molar-refractivity contribution in [1.82, 2.24) is 5.32 Å². The monoisotopic (exact) mass is 277 g/mol. The predicted octanol–water partition coefficient (Wildman–Crippen LogP) is 1.30. The van der Waals surface area contributed by atoms with Gasteiger partial charge in [-0.05, 0) is 30.2 Å². The van der Waals surface area contributed by atoms with E-state index in [0.29, 0.717) is 19.8 Å². The van der Waals surface area contributed by atoms with Crippen molar-refractivity contribution >= 4 is 0 Å². The molecule has 2 N–H and O–H groups in total. The molecule has 1 aromatic carbocycles. The highest BCUT2D eigenvalue weighted by molar-refractivity contribution is 5.39. The minimum atomic E-state index is -0.579. The Morgan fingerprint density at radius 1 is 1.20 bits per heavy atom. The van der Waals surface area contributed by atoms with Crippen molar-refractivity contribution in [3.63, 3.8) is 0 Å². The summed E-state index contributed by atoms with van der Waals surface area (Å²) in [6, 6.07) is 6.45. The van der Waals surface area contributed by atoms with Gasteiger partial charge in [0.15, 0.2) is 0 Å². The van der Waals surface area contributed by atoms with E-state index in [2.05, 4.69) is 23.5 Å². The van der Waals surface area contributed by atoms with Crippen LogP contribution in [0.2, 0.25) is 0 Å². The molecule has 0 unspecified atom stereocenters. The number of aliphatic hydroxyl groups is 1. The average Bonchev–Trinajstić information content (AvgIpc) is 2.92. The number of ether oxygens (including phenoxy) is 2. The van der Waals surface area contributed by atoms with E-state index in [-0.39, 0.29) is 0 Å². The van der Waals surface area contributed by atoms with Gasteiger partial charge >= 0.3 is 0 Å². The molecule has 0 aliphatic carbocycles. The Balaban J connectivity index is 1.43. The predicted molar refractivity (Wildman–Crippen MR) is 77.2 cm³/mol. The van der Waals surface area contributed by atoms with E-state index in [1.54, 1.807) is 0 Å². The number of benzene rings is 1. The third-order valence-corrected chi connectivity index (χ3v) is 4.22. The van der Waals surface area contributed by atoms with Crippen molar-refractivity contribution in [2.45, 2.75) is 31.3 Å². The van der Waals surface area contributed by atoms with E-state index >= 15 is 0 Å². The summed E-state index contributed by atoms with van der Waals surface area (Å²) in [5.41, 5.74) is 2.08. The highest BCUT2D eigenvalue weighted by Crippen LogP contribution is 2.26. The highest BCUT2D eigenvalue weighted by Gasteiger charge is 2.28. The molecule has 1 aromatic rings. The minimum absolute atomic E-state index is 0.579. The molecule has 4 heteroatoms. The van der Waals surface area contributed by atoms with E-state index < -0.39 is 5.60 Å². The third-order valence-electron chi connectivity index (χ3n) is 4.22. The van der Waals surface area contributed by atoms with Gasteiger partial charge in [0, 0.05) is 39.0 Å². The van der Waals surface area contributed by atoms with Crippen LogP contribution in [-0.4, -0.2) is 43.6 Å². The summed E-state index contributed by atoms with van der Waals surface area (Å²) in [5.74, 6) is 1.04. The SMILES string of the molecule is OC1(CNCCc2ccc3c(c2)CCO3)CCOCC1. The molecule has 1 saturated heterocycles. The van der Waals surface area contributed by atoms with Crippen LogP contribution in [0.4, 0.5) is 0 Å². The zero-order valence-electron chi connectivity index (χ0n) is 11.9. The molecule has 0 aromatic heterocycles. The Kier molecular flexibility index (Phi) is 4.24. The van der Waals surface area contributed by atoms with Gasteiger partial charge in [0.2, 0.25) is 0 Å². The van der Waals surface area contributed by atoms with Crippen molar-refractivity contribution < 1.29 is 14.6 Å². The summed E-state index contributed by atoms with van der Waals surface area (Å²) in [6.07, 6.45) is 3.47. The second-order valence-electron chi connectivity index (χ2n) is 5.80. The summed E-state index contributed by atoms with van der Waals surface area (Å²) in [5, 5.41) is 13.7. The maximum atomic E-state index is 10.3. The van der Waals surface area contributed by atoms with E-state index in [1.807, 2.05) is 0 Å². The van der Waals surface area contributed by atoms with E-state index in [4.69, 9.17) is 9.47 Å². The first-order chi connectivity index (χ1) is 9.75. The molecule has 4 nitrogen and oxygen atoms in total. The fourth-order valence-electron chi connectivity index (χ4n) is 2.88. The molecule has 2 aliphatic rings. The van der Waals surface area contributed by atoms with Crippen LogP contribution in [0.15, 0.2) is 18.2 Å². The maximum absolute atomic E-state index is 10.3. The van der Waals surface area contributed by atoms with E-state index in [9.17, 15) is 5.11 Å². The van der Waals surface area contributed by atoms with Crippen molar-refractivity contribution in [3.05, 3.63) is 29.3 Å². The maximum Gasteiger partial charge on any atom is 0.122 e. The van der Waals surface area contributed by atoms with Crippen LogP contribution >= 0.6 is 0 Å². The fourth-order valence-corrected chi connectivity index (χ4v) is 2.88. The standard InChI is InChI=1S/C16H23NO3/c18-16(5-9-19-10-6-16)12-17-7-3-13-1-2-15-14(11-13)4-8-20-15/h1-2,11,17-18H,3-10,12H2. The Morgan fingerprint density at radius 2 is 2.05 bits per heavy atom. The molecule has 0 amide bonds. The molecule has 2 aliphatic heterocycles. The highest BCUT2D eigenvalue weighted by atomic mass is 16.5. The zero-order chi connectivity index (χ0) is 13.8. The van der Waals surface area contributed by atoms with Crippen LogP contribution in [0.5, 0.6) is 5.75 Å². The van der Waals surface area contributed by atoms with Gasteiger partial charge in [-0.25, -0.2) is 0 Å². The van der Waals surface area contributed by atoms with Crippen LogP contribution in [0.25, 0.3) is 0 Å². The smallest absolute Gasteiger partial charge is 0.122 e. The van der Waals surface area contributed by atoms with Gasteiger partial charge in [-0.15, -0.1) is 0 Å². The lowest BCUT2D eigenvalue weighted by molar-refractivity contribution is -0.0614. The molecular weight excluding hydrogens is 254 g/mol. The van der Waals surface area contributed by atoms with Gasteiger partial charge < -0.3 is 19.9 Å². The Morgan fingerprint density at radius 3 is 2.90 bits per heavy atom. The molecule has 3 rings (SSSR count). The largest absolute Gasteiger partial charge is 0.493 e. The summed E-state index contributed by atoms with van der Waals surface area (Å²) in [6.45, 7) is 3.70. The van der Waals surface area contributed by atoms with Gasteiger partial charge in [0.05, 0.1) is 12.2 Å². The van der Waals surface area contributed by atoms with Crippen molar-refractivity contribution in [3.8, 4) is 5.75 Å². The fraction of sp³-hybridized carbons (Fsp3) is 0.625. The molecule has 2 heterocycles. The van der Waals surface area contributed by atoms with Crippen molar-refractivity contribution in [1.29, 1.82) is 0 Å². The molecule has 110 valence electrons. The topological polar surface area (TPSA) is 50.7 Å². The summed E-state index contributed by atoms with van der Waals surface area (Å²) >= 11 is 0. The lowest BCUT2D eigenvalue weighted by atomic mass is 9.94.